The van der Waals surface area contributed by atoms with Crippen LogP contribution in [0.1, 0.15) is 81.0 Å². The fourth-order valence-electron chi connectivity index (χ4n) is 8.27. The molecule has 11 heteroatoms. The molecule has 0 unspecified atom stereocenters. The average Bonchev–Trinajstić information content (AvgIpc) is 3.76. The van der Waals surface area contributed by atoms with Crippen molar-refractivity contribution >= 4 is 12.0 Å². The minimum absolute atomic E-state index is 0.0527. The van der Waals surface area contributed by atoms with E-state index in [0.29, 0.717) is 56.3 Å². The molecule has 4 aliphatic rings. The monoisotopic (exact) mass is 706 g/mol. The van der Waals surface area contributed by atoms with Gasteiger partial charge in [-0.1, -0.05) is 68.5 Å². The van der Waals surface area contributed by atoms with E-state index in [1.165, 1.54) is 6.42 Å². The number of nitrogens with one attached hydrogen (secondary N) is 2. The van der Waals surface area contributed by atoms with Gasteiger partial charge in [0, 0.05) is 45.6 Å². The molecule has 51 heavy (non-hydrogen) atoms. The lowest BCUT2D eigenvalue weighted by atomic mass is 9.74. The van der Waals surface area contributed by atoms with Crippen molar-refractivity contribution in [3.05, 3.63) is 65.2 Å². The quantitative estimate of drug-likeness (QED) is 0.231. The fraction of sp³-hybridized carbons (Fsp3) is 0.650. The van der Waals surface area contributed by atoms with E-state index >= 15 is 0 Å². The Hall–Kier alpha value is -3.22. The first-order valence-corrected chi connectivity index (χ1v) is 19.1. The standard InChI is InChI=1S/C40H58N4O7/c1-40(38(47)42-37-33-11-7-6-10-29(33)25-35(37)45,30-12-14-31(15-13-30)50-23-21-44-19-17-43(2)18-20-44)26-36(46)34(24-28-8-4-3-5-9-28)41-39(48)51-32-16-22-49-27-32/h6-7,10-15,28,32,34-37,45-46H,3-5,8-9,16-27H2,1-2H3,(H,41,48)(H,42,47)/t32-,34-,35+,36-,37-,40+/m0/s1. The van der Waals surface area contributed by atoms with Crippen LogP contribution in [0.5, 0.6) is 5.75 Å². The Morgan fingerprint density at radius 2 is 1.76 bits per heavy atom. The molecule has 0 bridgehead atoms. The van der Waals surface area contributed by atoms with Crippen molar-refractivity contribution in [2.75, 3.05) is 59.6 Å². The molecule has 0 aromatic heterocycles. The number of likely N-dealkylation sites (N-methyl/N-ethyl adjacent to an activating group) is 1. The van der Waals surface area contributed by atoms with Crippen molar-refractivity contribution in [1.29, 1.82) is 0 Å². The highest BCUT2D eigenvalue weighted by atomic mass is 16.6. The molecular formula is C40H58N4O7. The van der Waals surface area contributed by atoms with Crippen LogP contribution in [-0.2, 0) is 26.1 Å². The number of carbonyl (C=O) groups is 2. The number of hydrogen-bond acceptors (Lipinski definition) is 9. The van der Waals surface area contributed by atoms with E-state index in [4.69, 9.17) is 14.2 Å². The van der Waals surface area contributed by atoms with Crippen molar-refractivity contribution < 1.29 is 34.0 Å². The SMILES string of the molecule is CN1CCN(CCOc2ccc([C@@](C)(C[C@H](O)[C@H](CC3CCCCC3)NC(=O)O[C@H]3CCOC3)C(=O)N[C@H]3c4ccccc4C[C@H]3O)cc2)CC1. The number of nitrogens with zero attached hydrogens (tertiary/aromatic N) is 2. The van der Waals surface area contributed by atoms with Crippen LogP contribution in [0, 0.1) is 5.92 Å². The van der Waals surface area contributed by atoms with E-state index < -0.39 is 35.8 Å². The van der Waals surface area contributed by atoms with Gasteiger partial charge in [-0.2, -0.15) is 0 Å². The van der Waals surface area contributed by atoms with Crippen LogP contribution in [0.4, 0.5) is 4.79 Å². The van der Waals surface area contributed by atoms with Gasteiger partial charge in [-0.05, 0) is 61.6 Å². The number of piperazine rings is 1. The summed E-state index contributed by atoms with van der Waals surface area (Å²) in [7, 11) is 2.14. The number of alkyl carbamates (subject to hydrolysis) is 1. The number of aliphatic hydroxyl groups excluding tert-OH is 2. The molecule has 6 rings (SSSR count). The Kier molecular flexibility index (Phi) is 12.9. The highest BCUT2D eigenvalue weighted by Gasteiger charge is 2.43. The zero-order chi connectivity index (χ0) is 35.8. The van der Waals surface area contributed by atoms with E-state index in [1.54, 1.807) is 0 Å². The van der Waals surface area contributed by atoms with Gasteiger partial charge in [0.2, 0.25) is 5.91 Å². The van der Waals surface area contributed by atoms with E-state index in [2.05, 4.69) is 27.5 Å². The Bertz CT molecular complexity index is 1420. The third-order valence-corrected chi connectivity index (χ3v) is 11.6. The zero-order valence-corrected chi connectivity index (χ0v) is 30.4. The van der Waals surface area contributed by atoms with Crippen molar-refractivity contribution in [1.82, 2.24) is 20.4 Å². The number of amides is 2. The summed E-state index contributed by atoms with van der Waals surface area (Å²) in [6, 6.07) is 14.2. The number of ether oxygens (including phenoxy) is 3. The number of benzene rings is 2. The summed E-state index contributed by atoms with van der Waals surface area (Å²) in [5.41, 5.74) is 1.43. The number of rotatable bonds is 14. The lowest BCUT2D eigenvalue weighted by molar-refractivity contribution is -0.129. The minimum Gasteiger partial charge on any atom is -0.492 e. The second kappa shape index (κ2) is 17.5. The van der Waals surface area contributed by atoms with Crippen molar-refractivity contribution in [3.8, 4) is 5.75 Å². The zero-order valence-electron chi connectivity index (χ0n) is 30.4. The highest BCUT2D eigenvalue weighted by molar-refractivity contribution is 5.88. The molecule has 0 radical (unpaired) electrons. The van der Waals surface area contributed by atoms with E-state index in [-0.39, 0.29) is 18.4 Å². The number of fused-ring (bicyclic) bond motifs is 1. The van der Waals surface area contributed by atoms with Crippen LogP contribution < -0.4 is 15.4 Å². The van der Waals surface area contributed by atoms with Crippen LogP contribution in [0.2, 0.25) is 0 Å². The molecule has 2 aromatic carbocycles. The molecule has 6 atom stereocenters. The molecule has 2 heterocycles. The molecule has 2 aliphatic carbocycles. The van der Waals surface area contributed by atoms with Gasteiger partial charge in [0.15, 0.2) is 0 Å². The molecular weight excluding hydrogens is 648 g/mol. The lowest BCUT2D eigenvalue weighted by Gasteiger charge is -2.36. The maximum absolute atomic E-state index is 14.5. The molecule has 4 N–H and O–H groups in total. The number of aliphatic hydroxyl groups is 2. The van der Waals surface area contributed by atoms with Gasteiger partial charge in [-0.25, -0.2) is 4.79 Å². The van der Waals surface area contributed by atoms with Crippen LogP contribution in [-0.4, -0.2) is 116 Å². The van der Waals surface area contributed by atoms with Crippen LogP contribution in [0.3, 0.4) is 0 Å². The predicted octanol–water partition coefficient (Wildman–Crippen LogP) is 3.95. The van der Waals surface area contributed by atoms with Gasteiger partial charge in [-0.3, -0.25) is 9.69 Å². The summed E-state index contributed by atoms with van der Waals surface area (Å²) in [5, 5.41) is 29.2. The van der Waals surface area contributed by atoms with Crippen LogP contribution in [0.25, 0.3) is 0 Å². The summed E-state index contributed by atoms with van der Waals surface area (Å²) in [6.45, 7) is 8.34. The molecule has 2 saturated heterocycles. The minimum atomic E-state index is -1.20. The molecule has 1 saturated carbocycles. The van der Waals surface area contributed by atoms with Crippen molar-refractivity contribution in [2.24, 2.45) is 5.92 Å². The Morgan fingerprint density at radius 3 is 2.49 bits per heavy atom. The lowest BCUT2D eigenvalue weighted by Crippen LogP contribution is -2.52. The summed E-state index contributed by atoms with van der Waals surface area (Å²) >= 11 is 0. The van der Waals surface area contributed by atoms with Gasteiger partial charge < -0.3 is 40.0 Å². The van der Waals surface area contributed by atoms with Gasteiger partial charge in [-0.15, -0.1) is 0 Å². The molecule has 280 valence electrons. The summed E-state index contributed by atoms with van der Waals surface area (Å²) in [6.07, 6.45) is 4.63. The second-order valence-electron chi connectivity index (χ2n) is 15.4. The Morgan fingerprint density at radius 1 is 1.02 bits per heavy atom. The summed E-state index contributed by atoms with van der Waals surface area (Å²) in [5.74, 6) is 0.779. The molecule has 2 aromatic rings. The second-order valence-corrected chi connectivity index (χ2v) is 15.4. The molecule has 2 amide bonds. The molecule has 0 spiro atoms. The third kappa shape index (κ3) is 9.81. The number of carbonyl (C=O) groups excluding carboxylic acids is 2. The first kappa shape index (κ1) is 37.5. The van der Waals surface area contributed by atoms with E-state index in [9.17, 15) is 19.8 Å². The Balaban J connectivity index is 1.20. The smallest absolute Gasteiger partial charge is 0.407 e. The third-order valence-electron chi connectivity index (χ3n) is 11.6. The van der Waals surface area contributed by atoms with Crippen molar-refractivity contribution in [3.63, 3.8) is 0 Å². The normalized spacial score (nSPS) is 25.4. The fourth-order valence-corrected chi connectivity index (χ4v) is 8.27. The van der Waals surface area contributed by atoms with E-state index in [0.717, 1.165) is 69.5 Å². The number of hydrogen-bond donors (Lipinski definition) is 4. The molecule has 2 aliphatic heterocycles. The molecule has 11 nitrogen and oxygen atoms in total. The van der Waals surface area contributed by atoms with Gasteiger partial charge in [0.05, 0.1) is 42.9 Å². The van der Waals surface area contributed by atoms with Crippen molar-refractivity contribution in [2.45, 2.75) is 101 Å². The van der Waals surface area contributed by atoms with Gasteiger partial charge in [0.25, 0.3) is 0 Å². The largest absolute Gasteiger partial charge is 0.492 e. The predicted molar refractivity (Wildman–Crippen MR) is 195 cm³/mol. The molecule has 3 fully saturated rings. The highest BCUT2D eigenvalue weighted by Crippen LogP contribution is 2.37. The summed E-state index contributed by atoms with van der Waals surface area (Å²) in [4.78, 5) is 32.4. The average molecular weight is 707 g/mol. The first-order chi connectivity index (χ1) is 24.7. The topological polar surface area (TPSA) is 133 Å². The Labute approximate surface area is 303 Å². The van der Waals surface area contributed by atoms with Crippen LogP contribution in [0.15, 0.2) is 48.5 Å². The maximum Gasteiger partial charge on any atom is 0.407 e. The maximum atomic E-state index is 14.5. The van der Waals surface area contributed by atoms with Gasteiger partial charge >= 0.3 is 6.09 Å². The first-order valence-electron chi connectivity index (χ1n) is 19.1. The summed E-state index contributed by atoms with van der Waals surface area (Å²) < 4.78 is 17.2. The van der Waals surface area contributed by atoms with Crippen LogP contribution >= 0.6 is 0 Å². The van der Waals surface area contributed by atoms with E-state index in [1.807, 2.05) is 55.5 Å². The van der Waals surface area contributed by atoms with Gasteiger partial charge in [0.1, 0.15) is 18.5 Å².